The Kier molecular flexibility index (Phi) is 6.26. The first-order valence-corrected chi connectivity index (χ1v) is 4.29. The first-order chi connectivity index (χ1) is 6.06. The SMILES string of the molecule is CC(C)OC(=O)NCC(O)CCO. The zero-order chi connectivity index (χ0) is 10.3. The van der Waals surface area contributed by atoms with Crippen molar-refractivity contribution in [1.82, 2.24) is 5.32 Å². The standard InChI is InChI=1S/C8H17NO4/c1-6(2)13-8(12)9-5-7(11)3-4-10/h6-7,10-11H,3-5H2,1-2H3,(H,9,12). The van der Waals surface area contributed by atoms with E-state index in [1.54, 1.807) is 13.8 Å². The number of aliphatic hydroxyl groups excluding tert-OH is 2. The van der Waals surface area contributed by atoms with E-state index in [1.165, 1.54) is 0 Å². The Bertz CT molecular complexity index is 149. The number of carbonyl (C=O) groups is 1. The van der Waals surface area contributed by atoms with E-state index >= 15 is 0 Å². The van der Waals surface area contributed by atoms with E-state index in [2.05, 4.69) is 5.32 Å². The lowest BCUT2D eigenvalue weighted by Gasteiger charge is -2.12. The molecule has 1 atom stereocenters. The van der Waals surface area contributed by atoms with Gasteiger partial charge in [-0.1, -0.05) is 0 Å². The monoisotopic (exact) mass is 191 g/mol. The molecule has 0 aliphatic carbocycles. The van der Waals surface area contributed by atoms with Crippen molar-refractivity contribution < 1.29 is 19.7 Å². The maximum absolute atomic E-state index is 10.9. The summed E-state index contributed by atoms with van der Waals surface area (Å²) in [6, 6.07) is 0. The summed E-state index contributed by atoms with van der Waals surface area (Å²) in [5.41, 5.74) is 0. The van der Waals surface area contributed by atoms with E-state index in [0.29, 0.717) is 0 Å². The van der Waals surface area contributed by atoms with E-state index in [4.69, 9.17) is 14.9 Å². The van der Waals surface area contributed by atoms with Crippen LogP contribution in [0.2, 0.25) is 0 Å². The number of ether oxygens (including phenoxy) is 1. The quantitative estimate of drug-likeness (QED) is 0.565. The van der Waals surface area contributed by atoms with Crippen LogP contribution in [0, 0.1) is 0 Å². The second kappa shape index (κ2) is 6.68. The lowest BCUT2D eigenvalue weighted by atomic mass is 10.3. The molecule has 0 saturated carbocycles. The van der Waals surface area contributed by atoms with Crippen molar-refractivity contribution in [2.75, 3.05) is 13.2 Å². The number of aliphatic hydroxyl groups is 2. The Morgan fingerprint density at radius 2 is 2.15 bits per heavy atom. The molecule has 0 rings (SSSR count). The van der Waals surface area contributed by atoms with E-state index in [0.717, 1.165) is 0 Å². The minimum atomic E-state index is -0.718. The molecule has 0 aromatic heterocycles. The lowest BCUT2D eigenvalue weighted by Crippen LogP contribution is -2.34. The fourth-order valence-corrected chi connectivity index (χ4v) is 0.708. The fraction of sp³-hybridized carbons (Fsp3) is 0.875. The molecule has 1 amide bonds. The summed E-state index contributed by atoms with van der Waals surface area (Å²) in [6.07, 6.45) is -1.19. The van der Waals surface area contributed by atoms with Gasteiger partial charge in [-0.25, -0.2) is 4.79 Å². The molecular formula is C8H17NO4. The molecule has 0 heterocycles. The van der Waals surface area contributed by atoms with Gasteiger partial charge in [0, 0.05) is 13.2 Å². The second-order valence-electron chi connectivity index (χ2n) is 3.00. The summed E-state index contributed by atoms with van der Waals surface area (Å²) in [4.78, 5) is 10.9. The van der Waals surface area contributed by atoms with Gasteiger partial charge in [-0.05, 0) is 20.3 Å². The molecule has 13 heavy (non-hydrogen) atoms. The molecule has 0 bridgehead atoms. The zero-order valence-corrected chi connectivity index (χ0v) is 7.99. The van der Waals surface area contributed by atoms with Crippen LogP contribution in [0.4, 0.5) is 4.79 Å². The van der Waals surface area contributed by atoms with E-state index in [9.17, 15) is 4.79 Å². The van der Waals surface area contributed by atoms with Crippen molar-refractivity contribution in [3.63, 3.8) is 0 Å². The molecule has 0 spiro atoms. The van der Waals surface area contributed by atoms with Gasteiger partial charge in [0.2, 0.25) is 0 Å². The van der Waals surface area contributed by atoms with Crippen LogP contribution < -0.4 is 5.32 Å². The summed E-state index contributed by atoms with van der Waals surface area (Å²) in [7, 11) is 0. The summed E-state index contributed by atoms with van der Waals surface area (Å²) in [6.45, 7) is 3.49. The van der Waals surface area contributed by atoms with Crippen LogP contribution in [-0.2, 0) is 4.74 Å². The Balaban J connectivity index is 3.46. The minimum Gasteiger partial charge on any atom is -0.447 e. The molecule has 5 heteroatoms. The number of nitrogens with one attached hydrogen (secondary N) is 1. The molecule has 0 aliphatic heterocycles. The third-order valence-corrected chi connectivity index (χ3v) is 1.29. The summed E-state index contributed by atoms with van der Waals surface area (Å²) >= 11 is 0. The largest absolute Gasteiger partial charge is 0.447 e. The van der Waals surface area contributed by atoms with Gasteiger partial charge in [0.1, 0.15) is 0 Å². The molecule has 0 radical (unpaired) electrons. The van der Waals surface area contributed by atoms with Crippen molar-refractivity contribution in [3.8, 4) is 0 Å². The highest BCUT2D eigenvalue weighted by Gasteiger charge is 2.07. The van der Waals surface area contributed by atoms with Crippen molar-refractivity contribution in [1.29, 1.82) is 0 Å². The Morgan fingerprint density at radius 3 is 2.62 bits per heavy atom. The Hall–Kier alpha value is -0.810. The average Bonchev–Trinajstić information content (AvgIpc) is 2.00. The predicted octanol–water partition coefficient (Wildman–Crippen LogP) is -0.136. The van der Waals surface area contributed by atoms with Crippen LogP contribution in [0.15, 0.2) is 0 Å². The van der Waals surface area contributed by atoms with Crippen molar-refractivity contribution in [3.05, 3.63) is 0 Å². The zero-order valence-electron chi connectivity index (χ0n) is 7.99. The summed E-state index contributed by atoms with van der Waals surface area (Å²) < 4.78 is 4.76. The molecule has 3 N–H and O–H groups in total. The van der Waals surface area contributed by atoms with E-state index < -0.39 is 12.2 Å². The highest BCUT2D eigenvalue weighted by molar-refractivity contribution is 5.67. The number of alkyl carbamates (subject to hydrolysis) is 1. The Labute approximate surface area is 77.7 Å². The van der Waals surface area contributed by atoms with E-state index in [-0.39, 0.29) is 25.7 Å². The van der Waals surface area contributed by atoms with Crippen LogP contribution in [0.3, 0.4) is 0 Å². The van der Waals surface area contributed by atoms with Gasteiger partial charge in [-0.2, -0.15) is 0 Å². The van der Waals surface area contributed by atoms with Gasteiger partial charge in [0.25, 0.3) is 0 Å². The molecular weight excluding hydrogens is 174 g/mol. The van der Waals surface area contributed by atoms with Crippen LogP contribution in [0.5, 0.6) is 0 Å². The third kappa shape index (κ3) is 7.55. The summed E-state index contributed by atoms with van der Waals surface area (Å²) in [5.74, 6) is 0. The first kappa shape index (κ1) is 12.2. The van der Waals surface area contributed by atoms with Crippen molar-refractivity contribution >= 4 is 6.09 Å². The minimum absolute atomic E-state index is 0.0952. The average molecular weight is 191 g/mol. The maximum atomic E-state index is 10.9. The number of hydrogen-bond donors (Lipinski definition) is 3. The van der Waals surface area contributed by atoms with Gasteiger partial charge in [0.05, 0.1) is 12.2 Å². The van der Waals surface area contributed by atoms with Gasteiger partial charge in [0.15, 0.2) is 0 Å². The molecule has 0 aliphatic rings. The van der Waals surface area contributed by atoms with Gasteiger partial charge in [-0.3, -0.25) is 0 Å². The smallest absolute Gasteiger partial charge is 0.407 e. The van der Waals surface area contributed by atoms with Gasteiger partial charge >= 0.3 is 6.09 Å². The lowest BCUT2D eigenvalue weighted by molar-refractivity contribution is 0.0991. The topological polar surface area (TPSA) is 78.8 Å². The fourth-order valence-electron chi connectivity index (χ4n) is 0.708. The number of amides is 1. The molecule has 1 unspecified atom stereocenters. The maximum Gasteiger partial charge on any atom is 0.407 e. The highest BCUT2D eigenvalue weighted by atomic mass is 16.6. The normalized spacial score (nSPS) is 12.7. The molecule has 0 fully saturated rings. The van der Waals surface area contributed by atoms with E-state index in [1.807, 2.05) is 0 Å². The number of rotatable bonds is 5. The number of carbonyl (C=O) groups excluding carboxylic acids is 1. The molecule has 78 valence electrons. The van der Waals surface area contributed by atoms with Crippen LogP contribution in [0.1, 0.15) is 20.3 Å². The van der Waals surface area contributed by atoms with Crippen molar-refractivity contribution in [2.24, 2.45) is 0 Å². The number of hydrogen-bond acceptors (Lipinski definition) is 4. The van der Waals surface area contributed by atoms with Crippen LogP contribution in [0.25, 0.3) is 0 Å². The van der Waals surface area contributed by atoms with Crippen molar-refractivity contribution in [2.45, 2.75) is 32.5 Å². The molecule has 0 aromatic rings. The van der Waals surface area contributed by atoms with Crippen LogP contribution in [-0.4, -0.2) is 41.7 Å². The summed E-state index contributed by atoms with van der Waals surface area (Å²) in [5, 5.41) is 19.9. The van der Waals surface area contributed by atoms with Gasteiger partial charge in [-0.15, -0.1) is 0 Å². The first-order valence-electron chi connectivity index (χ1n) is 4.29. The second-order valence-corrected chi connectivity index (χ2v) is 3.00. The predicted molar refractivity (Wildman–Crippen MR) is 47.3 cm³/mol. The third-order valence-electron chi connectivity index (χ3n) is 1.29. The Morgan fingerprint density at radius 1 is 1.54 bits per heavy atom. The van der Waals surface area contributed by atoms with Gasteiger partial charge < -0.3 is 20.3 Å². The highest BCUT2D eigenvalue weighted by Crippen LogP contribution is 1.90. The molecule has 5 nitrogen and oxygen atoms in total. The molecule has 0 aromatic carbocycles. The molecule has 0 saturated heterocycles. The van der Waals surface area contributed by atoms with Crippen LogP contribution >= 0.6 is 0 Å².